The molecule has 0 aromatic heterocycles. The molecule has 204 valence electrons. The van der Waals surface area contributed by atoms with Crippen molar-refractivity contribution in [1.82, 2.24) is 25.3 Å². The van der Waals surface area contributed by atoms with Crippen molar-refractivity contribution in [1.29, 1.82) is 0 Å². The lowest BCUT2D eigenvalue weighted by Crippen LogP contribution is -2.62. The summed E-state index contributed by atoms with van der Waals surface area (Å²) in [5, 5.41) is 6.53. The maximum absolute atomic E-state index is 14.8. The molecule has 3 heterocycles. The normalized spacial score (nSPS) is 28.6. The fraction of sp³-hybridized carbons (Fsp3) is 0.679. The molecule has 3 aliphatic heterocycles. The minimum atomic E-state index is -0.602. The van der Waals surface area contributed by atoms with Crippen LogP contribution in [0.5, 0.6) is 0 Å². The van der Waals surface area contributed by atoms with E-state index in [1.54, 1.807) is 0 Å². The van der Waals surface area contributed by atoms with Gasteiger partial charge in [0, 0.05) is 68.7 Å². The van der Waals surface area contributed by atoms with Crippen LogP contribution in [0.25, 0.3) is 0 Å². The first-order valence-corrected chi connectivity index (χ1v) is 13.9. The summed E-state index contributed by atoms with van der Waals surface area (Å²) in [5.41, 5.74) is 0.482. The number of amides is 1. The molecule has 0 radical (unpaired) electrons. The molecule has 7 nitrogen and oxygen atoms in total. The van der Waals surface area contributed by atoms with E-state index in [9.17, 15) is 13.6 Å². The van der Waals surface area contributed by atoms with E-state index in [-0.39, 0.29) is 29.7 Å². The van der Waals surface area contributed by atoms with E-state index in [1.807, 2.05) is 12.4 Å². The van der Waals surface area contributed by atoms with E-state index in [4.69, 9.17) is 4.74 Å². The molecule has 5 rings (SSSR count). The van der Waals surface area contributed by atoms with Crippen LogP contribution in [0.1, 0.15) is 57.4 Å². The Hall–Kier alpha value is -2.23. The van der Waals surface area contributed by atoms with Gasteiger partial charge in [0.1, 0.15) is 11.6 Å². The number of ether oxygens (including phenoxy) is 1. The van der Waals surface area contributed by atoms with Gasteiger partial charge in [0.2, 0.25) is 5.91 Å². The van der Waals surface area contributed by atoms with Crippen LogP contribution in [-0.4, -0.2) is 84.4 Å². The maximum atomic E-state index is 14.8. The van der Waals surface area contributed by atoms with Gasteiger partial charge in [-0.05, 0) is 38.3 Å². The molecule has 2 saturated heterocycles. The standard InChI is InChI=1S/C28H41F2N5O2/c1-20(2)34-17-23(22-7-6-21(29)16-25(22)30)24(18-34)26(36)32-27-31-10-11-33(27)19-28(8-4-3-5-9-28)35-12-14-37-15-13-35/h6-7,10-11,16,20,23-24,27,31H,3-5,8-9,12-15,17-19H2,1-2H3,(H,32,36)/t23-,24?,27?/m0/s1. The fourth-order valence-corrected chi connectivity index (χ4v) is 6.72. The van der Waals surface area contributed by atoms with Gasteiger partial charge in [0.25, 0.3) is 0 Å². The van der Waals surface area contributed by atoms with Gasteiger partial charge >= 0.3 is 0 Å². The lowest BCUT2D eigenvalue weighted by atomic mass is 9.79. The first kappa shape index (κ1) is 26.4. The van der Waals surface area contributed by atoms with Gasteiger partial charge in [0.05, 0.1) is 19.1 Å². The van der Waals surface area contributed by atoms with E-state index in [0.29, 0.717) is 18.7 Å². The molecule has 1 aromatic rings. The molecule has 9 heteroatoms. The number of carbonyl (C=O) groups excluding carboxylic acids is 1. The second-order valence-corrected chi connectivity index (χ2v) is 11.4. The molecule has 2 N–H and O–H groups in total. The average molecular weight is 518 g/mol. The predicted molar refractivity (Wildman–Crippen MR) is 138 cm³/mol. The zero-order valence-corrected chi connectivity index (χ0v) is 22.1. The number of carbonyl (C=O) groups is 1. The zero-order chi connectivity index (χ0) is 26.0. The summed E-state index contributed by atoms with van der Waals surface area (Å²) >= 11 is 0. The molecule has 2 unspecified atom stereocenters. The summed E-state index contributed by atoms with van der Waals surface area (Å²) in [6.45, 7) is 9.54. The Bertz CT molecular complexity index is 977. The summed E-state index contributed by atoms with van der Waals surface area (Å²) in [4.78, 5) is 20.7. The van der Waals surface area contributed by atoms with Crippen molar-refractivity contribution in [3.63, 3.8) is 0 Å². The van der Waals surface area contributed by atoms with E-state index in [1.165, 1.54) is 31.4 Å². The number of halogens is 2. The van der Waals surface area contributed by atoms with Crippen LogP contribution in [0.15, 0.2) is 30.6 Å². The van der Waals surface area contributed by atoms with Crippen LogP contribution in [-0.2, 0) is 9.53 Å². The lowest BCUT2D eigenvalue weighted by molar-refractivity contribution is -0.127. The molecule has 4 aliphatic rings. The quantitative estimate of drug-likeness (QED) is 0.580. The minimum Gasteiger partial charge on any atom is -0.379 e. The third-order valence-corrected chi connectivity index (χ3v) is 8.85. The second-order valence-electron chi connectivity index (χ2n) is 11.4. The SMILES string of the molecule is CC(C)N1CC(C(=O)NC2NC=CN2CC2(N3CCOCC3)CCCCC2)[C@H](c2ccc(F)cc2F)C1. The summed E-state index contributed by atoms with van der Waals surface area (Å²) in [5.74, 6) is -2.04. The highest BCUT2D eigenvalue weighted by molar-refractivity contribution is 5.80. The molecule has 1 saturated carbocycles. The molecule has 1 aliphatic carbocycles. The van der Waals surface area contributed by atoms with Crippen LogP contribution in [0.3, 0.4) is 0 Å². The lowest BCUT2D eigenvalue weighted by Gasteiger charge is -2.50. The minimum absolute atomic E-state index is 0.0724. The molecule has 0 spiro atoms. The van der Waals surface area contributed by atoms with Crippen molar-refractivity contribution in [3.05, 3.63) is 47.8 Å². The predicted octanol–water partition coefficient (Wildman–Crippen LogP) is 3.20. The Kier molecular flexibility index (Phi) is 8.02. The van der Waals surface area contributed by atoms with Crippen LogP contribution < -0.4 is 10.6 Å². The summed E-state index contributed by atoms with van der Waals surface area (Å²) in [7, 11) is 0. The first-order chi connectivity index (χ1) is 17.9. The van der Waals surface area contributed by atoms with Gasteiger partial charge in [-0.1, -0.05) is 25.3 Å². The van der Waals surface area contributed by atoms with E-state index < -0.39 is 17.6 Å². The highest BCUT2D eigenvalue weighted by Crippen LogP contribution is 2.37. The molecular weight excluding hydrogens is 476 g/mol. The molecule has 1 aromatic carbocycles. The largest absolute Gasteiger partial charge is 0.379 e. The van der Waals surface area contributed by atoms with Crippen molar-refractivity contribution < 1.29 is 18.3 Å². The summed E-state index contributed by atoms with van der Waals surface area (Å²) < 4.78 is 34.0. The van der Waals surface area contributed by atoms with Crippen LogP contribution in [0.4, 0.5) is 8.78 Å². The number of likely N-dealkylation sites (tertiary alicyclic amines) is 1. The number of nitrogens with zero attached hydrogens (tertiary/aromatic N) is 3. The van der Waals surface area contributed by atoms with Crippen molar-refractivity contribution in [2.45, 2.75) is 69.7 Å². The monoisotopic (exact) mass is 517 g/mol. The van der Waals surface area contributed by atoms with Crippen LogP contribution in [0.2, 0.25) is 0 Å². The summed E-state index contributed by atoms with van der Waals surface area (Å²) in [6, 6.07) is 3.93. The van der Waals surface area contributed by atoms with Gasteiger partial charge in [0.15, 0.2) is 6.29 Å². The highest BCUT2D eigenvalue weighted by atomic mass is 19.1. The zero-order valence-electron chi connectivity index (χ0n) is 22.1. The highest BCUT2D eigenvalue weighted by Gasteiger charge is 2.44. The van der Waals surface area contributed by atoms with Gasteiger partial charge in [-0.2, -0.15) is 0 Å². The van der Waals surface area contributed by atoms with Gasteiger partial charge < -0.3 is 20.3 Å². The van der Waals surface area contributed by atoms with Gasteiger partial charge in [-0.3, -0.25) is 14.6 Å². The molecule has 3 fully saturated rings. The molecule has 3 atom stereocenters. The Balaban J connectivity index is 1.31. The maximum Gasteiger partial charge on any atom is 0.228 e. The molecule has 0 bridgehead atoms. The van der Waals surface area contributed by atoms with E-state index in [0.717, 1.165) is 51.8 Å². The van der Waals surface area contributed by atoms with Crippen molar-refractivity contribution in [3.8, 4) is 0 Å². The average Bonchev–Trinajstić information content (AvgIpc) is 3.52. The van der Waals surface area contributed by atoms with Crippen LogP contribution in [0, 0.1) is 17.6 Å². The number of morpholine rings is 1. The van der Waals surface area contributed by atoms with Crippen molar-refractivity contribution in [2.75, 3.05) is 45.9 Å². The second kappa shape index (κ2) is 11.3. The van der Waals surface area contributed by atoms with E-state index >= 15 is 0 Å². The van der Waals surface area contributed by atoms with E-state index in [2.05, 4.69) is 39.2 Å². The topological polar surface area (TPSA) is 60.1 Å². The Morgan fingerprint density at radius 2 is 1.92 bits per heavy atom. The third-order valence-electron chi connectivity index (χ3n) is 8.85. The Morgan fingerprint density at radius 3 is 2.62 bits per heavy atom. The summed E-state index contributed by atoms with van der Waals surface area (Å²) in [6.07, 6.45) is 9.59. The third kappa shape index (κ3) is 5.64. The number of benzene rings is 1. The van der Waals surface area contributed by atoms with Crippen molar-refractivity contribution >= 4 is 5.91 Å². The molecule has 37 heavy (non-hydrogen) atoms. The number of rotatable bonds is 7. The first-order valence-electron chi connectivity index (χ1n) is 13.9. The van der Waals surface area contributed by atoms with Crippen molar-refractivity contribution in [2.24, 2.45) is 5.92 Å². The van der Waals surface area contributed by atoms with Gasteiger partial charge in [-0.25, -0.2) is 8.78 Å². The smallest absolute Gasteiger partial charge is 0.228 e. The van der Waals surface area contributed by atoms with Gasteiger partial charge in [-0.15, -0.1) is 0 Å². The van der Waals surface area contributed by atoms with Crippen LogP contribution >= 0.6 is 0 Å². The molecular formula is C28H41F2N5O2. The number of hydrogen-bond donors (Lipinski definition) is 2. The Morgan fingerprint density at radius 1 is 1.16 bits per heavy atom. The molecule has 1 amide bonds. The fourth-order valence-electron chi connectivity index (χ4n) is 6.72. The Labute approximate surface area is 219 Å². The number of hydrogen-bond acceptors (Lipinski definition) is 6. The number of nitrogens with one attached hydrogen (secondary N) is 2.